The lowest BCUT2D eigenvalue weighted by Gasteiger charge is -2.46. The summed E-state index contributed by atoms with van der Waals surface area (Å²) in [7, 11) is 0. The van der Waals surface area contributed by atoms with Crippen molar-refractivity contribution >= 4 is 35.3 Å². The van der Waals surface area contributed by atoms with Crippen LogP contribution in [0.2, 0.25) is 0 Å². The molecule has 29 heavy (non-hydrogen) atoms. The van der Waals surface area contributed by atoms with Crippen molar-refractivity contribution in [1.82, 2.24) is 9.38 Å². The van der Waals surface area contributed by atoms with Gasteiger partial charge in [0, 0.05) is 45.1 Å². The molecule has 1 saturated heterocycles. The molecule has 0 N–H and O–H groups in total. The highest BCUT2D eigenvalue weighted by Crippen LogP contribution is 2.41. The predicted molar refractivity (Wildman–Crippen MR) is 103 cm³/mol. The van der Waals surface area contributed by atoms with Crippen LogP contribution in [-0.2, 0) is 28.6 Å². The topological polar surface area (TPSA) is 105 Å². The fourth-order valence-corrected chi connectivity index (χ4v) is 4.70. The van der Waals surface area contributed by atoms with Gasteiger partial charge >= 0.3 is 17.9 Å². The van der Waals surface area contributed by atoms with E-state index in [0.717, 1.165) is 0 Å². The molecule has 156 valence electrons. The minimum atomic E-state index is -1.43. The van der Waals surface area contributed by atoms with Crippen LogP contribution in [0, 0.1) is 0 Å². The van der Waals surface area contributed by atoms with Crippen LogP contribution in [-0.4, -0.2) is 56.3 Å². The van der Waals surface area contributed by atoms with Gasteiger partial charge in [-0.05, 0) is 19.1 Å². The molecule has 0 bridgehead atoms. The molecule has 0 amide bonds. The maximum atomic E-state index is 11.8. The van der Waals surface area contributed by atoms with Gasteiger partial charge in [-0.25, -0.2) is 4.98 Å². The van der Waals surface area contributed by atoms with E-state index in [1.165, 1.54) is 32.5 Å². The third-order valence-corrected chi connectivity index (χ3v) is 5.62. The number of pyridine rings is 1. The fraction of sp³-hybridized carbons (Fsp3) is 0.474. The SMILES string of the molecule is CC(=O)O[C@@H]1CS[C@@H](Oc2cccn3ccnc23)[C@H](OC(C)=O)[C@@]1(C)OC(C)=O. The van der Waals surface area contributed by atoms with Gasteiger partial charge in [0.1, 0.15) is 0 Å². The molecule has 1 fully saturated rings. The second kappa shape index (κ2) is 8.32. The Labute approximate surface area is 171 Å². The number of ether oxygens (including phenoxy) is 4. The summed E-state index contributed by atoms with van der Waals surface area (Å²) < 4.78 is 24.4. The average molecular weight is 422 g/mol. The van der Waals surface area contributed by atoms with E-state index in [1.54, 1.807) is 35.9 Å². The highest BCUT2D eigenvalue weighted by molar-refractivity contribution is 7.99. The third kappa shape index (κ3) is 4.47. The first-order chi connectivity index (χ1) is 13.7. The smallest absolute Gasteiger partial charge is 0.303 e. The van der Waals surface area contributed by atoms with Crippen LogP contribution in [0.5, 0.6) is 5.75 Å². The number of carbonyl (C=O) groups excluding carboxylic acids is 3. The normalized spacial score (nSPS) is 26.6. The number of hydrogen-bond donors (Lipinski definition) is 0. The molecule has 0 spiro atoms. The first-order valence-electron chi connectivity index (χ1n) is 8.94. The monoisotopic (exact) mass is 422 g/mol. The van der Waals surface area contributed by atoms with Crippen molar-refractivity contribution in [3.05, 3.63) is 30.7 Å². The predicted octanol–water partition coefficient (Wildman–Crippen LogP) is 1.97. The van der Waals surface area contributed by atoms with E-state index in [1.807, 2.05) is 6.20 Å². The highest BCUT2D eigenvalue weighted by Gasteiger charge is 2.57. The van der Waals surface area contributed by atoms with Gasteiger partial charge in [0.15, 0.2) is 34.6 Å². The van der Waals surface area contributed by atoms with E-state index in [9.17, 15) is 14.4 Å². The molecular formula is C19H22N2O7S. The number of rotatable bonds is 5. The van der Waals surface area contributed by atoms with Gasteiger partial charge in [-0.1, -0.05) is 0 Å². The number of aromatic nitrogens is 2. The van der Waals surface area contributed by atoms with Crippen molar-refractivity contribution in [3.63, 3.8) is 0 Å². The van der Waals surface area contributed by atoms with Gasteiger partial charge in [0.05, 0.1) is 0 Å². The van der Waals surface area contributed by atoms with Crippen molar-refractivity contribution in [2.24, 2.45) is 0 Å². The molecule has 1 aliphatic heterocycles. The van der Waals surface area contributed by atoms with Gasteiger partial charge in [-0.2, -0.15) is 0 Å². The molecule has 2 aromatic heterocycles. The maximum absolute atomic E-state index is 11.8. The van der Waals surface area contributed by atoms with Crippen LogP contribution in [0.25, 0.3) is 5.65 Å². The van der Waals surface area contributed by atoms with Gasteiger partial charge in [0.2, 0.25) is 0 Å². The number of imidazole rings is 1. The van der Waals surface area contributed by atoms with Gasteiger partial charge in [0.25, 0.3) is 0 Å². The van der Waals surface area contributed by atoms with Crippen LogP contribution < -0.4 is 4.74 Å². The van der Waals surface area contributed by atoms with Crippen molar-refractivity contribution < 1.29 is 33.3 Å². The largest absolute Gasteiger partial charge is 0.472 e. The van der Waals surface area contributed by atoms with Crippen LogP contribution in [0.3, 0.4) is 0 Å². The maximum Gasteiger partial charge on any atom is 0.303 e. The van der Waals surface area contributed by atoms with E-state index < -0.39 is 41.2 Å². The molecule has 0 aliphatic carbocycles. The molecule has 0 aromatic carbocycles. The number of hydrogen-bond acceptors (Lipinski definition) is 9. The van der Waals surface area contributed by atoms with E-state index in [0.29, 0.717) is 11.4 Å². The molecule has 4 atom stereocenters. The number of esters is 3. The van der Waals surface area contributed by atoms with E-state index in [2.05, 4.69) is 4.98 Å². The van der Waals surface area contributed by atoms with Gasteiger partial charge in [-0.15, -0.1) is 11.8 Å². The number of thioether (sulfide) groups is 1. The Bertz CT molecular complexity index is 930. The summed E-state index contributed by atoms with van der Waals surface area (Å²) in [6.45, 7) is 5.33. The van der Waals surface area contributed by atoms with Crippen LogP contribution in [0.1, 0.15) is 27.7 Å². The van der Waals surface area contributed by atoms with Crippen molar-refractivity contribution in [2.75, 3.05) is 5.75 Å². The molecule has 3 heterocycles. The summed E-state index contributed by atoms with van der Waals surface area (Å²) in [5.74, 6) is -0.947. The lowest BCUT2D eigenvalue weighted by molar-refractivity contribution is -0.213. The summed E-state index contributed by atoms with van der Waals surface area (Å²) in [5.41, 5.74) is -1.57. The highest BCUT2D eigenvalue weighted by atomic mass is 32.2. The minimum absolute atomic E-state index is 0.281. The lowest BCUT2D eigenvalue weighted by Crippen LogP contribution is -2.64. The summed E-state index contributed by atoms with van der Waals surface area (Å²) >= 11 is 1.29. The number of nitrogens with zero attached hydrogens (tertiary/aromatic N) is 2. The molecule has 0 saturated carbocycles. The molecule has 3 rings (SSSR count). The average Bonchev–Trinajstić information content (AvgIpc) is 3.09. The van der Waals surface area contributed by atoms with Gasteiger partial charge in [-0.3, -0.25) is 14.4 Å². The Morgan fingerprint density at radius 2 is 1.86 bits per heavy atom. The van der Waals surface area contributed by atoms with Crippen molar-refractivity contribution in [2.45, 2.75) is 50.9 Å². The Hall–Kier alpha value is -2.75. The third-order valence-electron chi connectivity index (χ3n) is 4.45. The zero-order chi connectivity index (χ0) is 21.2. The Balaban J connectivity index is 1.97. The molecule has 1 aliphatic rings. The lowest BCUT2D eigenvalue weighted by atomic mass is 9.91. The Morgan fingerprint density at radius 3 is 2.52 bits per heavy atom. The van der Waals surface area contributed by atoms with Crippen LogP contribution in [0.15, 0.2) is 30.7 Å². The molecule has 2 aromatic rings. The van der Waals surface area contributed by atoms with E-state index in [4.69, 9.17) is 18.9 Å². The van der Waals surface area contributed by atoms with E-state index >= 15 is 0 Å². The quantitative estimate of drug-likeness (QED) is 0.528. The first-order valence-corrected chi connectivity index (χ1v) is 9.99. The second-order valence-corrected chi connectivity index (χ2v) is 7.89. The summed E-state index contributed by atoms with van der Waals surface area (Å²) in [5, 5.41) is 0. The fourth-order valence-electron chi connectivity index (χ4n) is 3.26. The number of carbonyl (C=O) groups is 3. The number of fused-ring (bicyclic) bond motifs is 1. The zero-order valence-corrected chi connectivity index (χ0v) is 17.3. The van der Waals surface area contributed by atoms with Crippen LogP contribution in [0.4, 0.5) is 0 Å². The Kier molecular flexibility index (Phi) is 6.02. The standard InChI is InChI=1S/C19H22N2O7S/c1-11(22)25-15-10-29-18(16(26-12(2)23)19(15,4)28-13(3)24)27-14-6-5-8-21-9-7-20-17(14)21/h5-9,15-16,18H,10H2,1-4H3/t15-,16+,18-,19+/m1/s1. The first kappa shape index (κ1) is 21.0. The second-order valence-electron chi connectivity index (χ2n) is 6.76. The molecule has 0 radical (unpaired) electrons. The Morgan fingerprint density at radius 1 is 1.14 bits per heavy atom. The summed E-state index contributed by atoms with van der Waals surface area (Å²) in [6, 6.07) is 3.54. The minimum Gasteiger partial charge on any atom is -0.472 e. The zero-order valence-electron chi connectivity index (χ0n) is 16.5. The molecule has 10 heteroatoms. The van der Waals surface area contributed by atoms with E-state index in [-0.39, 0.29) is 5.75 Å². The van der Waals surface area contributed by atoms with Gasteiger partial charge < -0.3 is 23.3 Å². The summed E-state index contributed by atoms with van der Waals surface area (Å²) in [4.78, 5) is 39.5. The van der Waals surface area contributed by atoms with Crippen LogP contribution >= 0.6 is 11.8 Å². The summed E-state index contributed by atoms with van der Waals surface area (Å²) in [6.07, 6.45) is 3.40. The van der Waals surface area contributed by atoms with Crippen molar-refractivity contribution in [3.8, 4) is 5.75 Å². The van der Waals surface area contributed by atoms with Crippen molar-refractivity contribution in [1.29, 1.82) is 0 Å². The molecule has 9 nitrogen and oxygen atoms in total. The molecular weight excluding hydrogens is 400 g/mol. The molecule has 0 unspecified atom stereocenters.